The lowest BCUT2D eigenvalue weighted by atomic mass is 10.1. The summed E-state index contributed by atoms with van der Waals surface area (Å²) in [6.45, 7) is 15.4. The van der Waals surface area contributed by atoms with Crippen molar-refractivity contribution in [2.45, 2.75) is 96.0 Å². The molecule has 0 bridgehead atoms. The SMILES string of the molecule is CSCn1ncc(-c2ccc3c(c2)c(C#C[Si](C(C)C)(C(C)C)C(C)C)nn3C2CCCCO2)c1OCCCO. The molecule has 1 aliphatic heterocycles. The van der Waals surface area contributed by atoms with E-state index >= 15 is 0 Å². The highest BCUT2D eigenvalue weighted by Crippen LogP contribution is 2.41. The van der Waals surface area contributed by atoms with Crippen LogP contribution in [0.1, 0.15) is 79.1 Å². The second kappa shape index (κ2) is 13.6. The molecule has 0 aliphatic carbocycles. The van der Waals surface area contributed by atoms with E-state index in [1.54, 1.807) is 11.8 Å². The first-order chi connectivity index (χ1) is 19.2. The van der Waals surface area contributed by atoms with E-state index in [1.165, 1.54) is 0 Å². The van der Waals surface area contributed by atoms with Crippen LogP contribution >= 0.6 is 11.8 Å². The molecule has 1 fully saturated rings. The van der Waals surface area contributed by atoms with Gasteiger partial charge in [0.1, 0.15) is 13.8 Å². The van der Waals surface area contributed by atoms with Crippen LogP contribution < -0.4 is 4.74 Å². The maximum Gasteiger partial charge on any atom is 0.220 e. The van der Waals surface area contributed by atoms with Crippen molar-refractivity contribution >= 4 is 30.7 Å². The average molecular weight is 583 g/mol. The van der Waals surface area contributed by atoms with E-state index in [4.69, 9.17) is 14.6 Å². The summed E-state index contributed by atoms with van der Waals surface area (Å²) in [6.07, 6.45) is 7.62. The smallest absolute Gasteiger partial charge is 0.220 e. The van der Waals surface area contributed by atoms with Gasteiger partial charge in [0.05, 0.1) is 29.8 Å². The lowest BCUT2D eigenvalue weighted by molar-refractivity contribution is -0.0367. The van der Waals surface area contributed by atoms with Crippen molar-refractivity contribution in [3.63, 3.8) is 0 Å². The van der Waals surface area contributed by atoms with E-state index < -0.39 is 8.07 Å². The molecule has 7 nitrogen and oxygen atoms in total. The molecule has 3 heterocycles. The minimum absolute atomic E-state index is 0.0679. The average Bonchev–Trinajstić information content (AvgIpc) is 3.50. The van der Waals surface area contributed by atoms with E-state index in [1.807, 2.05) is 17.1 Å². The number of aliphatic hydroxyl groups is 1. The zero-order chi connectivity index (χ0) is 28.9. The van der Waals surface area contributed by atoms with E-state index in [9.17, 15) is 5.11 Å². The Morgan fingerprint density at radius 1 is 1.15 bits per heavy atom. The van der Waals surface area contributed by atoms with Crippen LogP contribution in [0.25, 0.3) is 22.0 Å². The maximum absolute atomic E-state index is 9.29. The fourth-order valence-corrected chi connectivity index (χ4v) is 11.9. The predicted molar refractivity (Wildman–Crippen MR) is 168 cm³/mol. The molecular weight excluding hydrogens is 537 g/mol. The molecule has 1 aromatic carbocycles. The van der Waals surface area contributed by atoms with Crippen LogP contribution in [0.5, 0.6) is 5.88 Å². The molecule has 9 heteroatoms. The zero-order valence-corrected chi connectivity index (χ0v) is 27.1. The van der Waals surface area contributed by atoms with Gasteiger partial charge in [-0.1, -0.05) is 53.5 Å². The molecule has 1 atom stereocenters. The van der Waals surface area contributed by atoms with E-state index in [0.29, 0.717) is 35.5 Å². The number of hydrogen-bond acceptors (Lipinski definition) is 6. The molecular formula is C31H46N4O3SSi. The Morgan fingerprint density at radius 2 is 1.90 bits per heavy atom. The van der Waals surface area contributed by atoms with Crippen molar-refractivity contribution in [3.05, 3.63) is 30.1 Å². The van der Waals surface area contributed by atoms with Crippen LogP contribution in [0, 0.1) is 11.5 Å². The third-order valence-corrected chi connectivity index (χ3v) is 15.1. The molecule has 40 heavy (non-hydrogen) atoms. The Bertz CT molecular complexity index is 1310. The number of aromatic nitrogens is 4. The molecule has 0 radical (unpaired) electrons. The second-order valence-corrected chi connectivity index (χ2v) is 18.1. The molecule has 1 saturated heterocycles. The molecule has 0 spiro atoms. The Hall–Kier alpha value is -2.25. The number of ether oxygens (including phenoxy) is 2. The molecule has 4 rings (SSSR count). The van der Waals surface area contributed by atoms with Crippen molar-refractivity contribution < 1.29 is 14.6 Å². The van der Waals surface area contributed by atoms with Gasteiger partial charge in [-0.3, -0.25) is 0 Å². The summed E-state index contributed by atoms with van der Waals surface area (Å²) in [7, 11) is -1.94. The van der Waals surface area contributed by atoms with Gasteiger partial charge in [0, 0.05) is 25.0 Å². The molecule has 0 amide bonds. The first kappa shape index (κ1) is 30.7. The van der Waals surface area contributed by atoms with Gasteiger partial charge >= 0.3 is 0 Å². The lowest BCUT2D eigenvalue weighted by Gasteiger charge is -2.38. The Balaban J connectivity index is 1.87. The number of thioether (sulfide) groups is 1. The van der Waals surface area contributed by atoms with Crippen LogP contribution in [-0.2, 0) is 10.6 Å². The maximum atomic E-state index is 9.29. The molecule has 0 saturated carbocycles. The minimum Gasteiger partial charge on any atom is -0.477 e. The van der Waals surface area contributed by atoms with E-state index in [0.717, 1.165) is 59.5 Å². The van der Waals surface area contributed by atoms with Crippen molar-refractivity contribution in [2.75, 3.05) is 26.1 Å². The van der Waals surface area contributed by atoms with Crippen LogP contribution in [0.15, 0.2) is 24.4 Å². The summed E-state index contributed by atoms with van der Waals surface area (Å²) in [5.41, 5.74) is 9.35. The second-order valence-electron chi connectivity index (χ2n) is 11.7. The largest absolute Gasteiger partial charge is 0.477 e. The lowest BCUT2D eigenvalue weighted by Crippen LogP contribution is -2.43. The summed E-state index contributed by atoms with van der Waals surface area (Å²) in [5, 5.41) is 20.0. The molecule has 3 aromatic rings. The third-order valence-electron chi connectivity index (χ3n) is 8.29. The monoisotopic (exact) mass is 582 g/mol. The van der Waals surface area contributed by atoms with Gasteiger partial charge in [-0.25, -0.2) is 9.36 Å². The fourth-order valence-electron chi connectivity index (χ4n) is 6.31. The summed E-state index contributed by atoms with van der Waals surface area (Å²) >= 11 is 1.69. The van der Waals surface area contributed by atoms with Gasteiger partial charge in [-0.15, -0.1) is 17.3 Å². The number of nitrogens with zero attached hydrogens (tertiary/aromatic N) is 4. The molecule has 218 valence electrons. The quantitative estimate of drug-likeness (QED) is 0.146. The Labute approximate surface area is 245 Å². The Morgan fingerprint density at radius 3 is 2.52 bits per heavy atom. The highest BCUT2D eigenvalue weighted by atomic mass is 32.2. The number of hydrogen-bond donors (Lipinski definition) is 1. The molecule has 1 unspecified atom stereocenters. The predicted octanol–water partition coefficient (Wildman–Crippen LogP) is 7.25. The molecule has 1 aliphatic rings. The third kappa shape index (κ3) is 6.15. The van der Waals surface area contributed by atoms with E-state index in [2.05, 4.69) is 81.0 Å². The van der Waals surface area contributed by atoms with Crippen LogP contribution in [-0.4, -0.2) is 58.8 Å². The van der Waals surface area contributed by atoms with Gasteiger partial charge in [-0.2, -0.15) is 10.2 Å². The standard InChI is InChI=1S/C31H46N4O3SSi/c1-22(2)40(23(3)4,24(5)6)18-14-28-26-19-25(12-13-29(26)35(33-28)30-11-8-9-16-37-30)27-20-32-34(21-39-7)31(27)38-17-10-15-36/h12-13,19-20,22-24,30,36H,8-11,15-17,21H2,1-7H3. The normalized spacial score (nSPS) is 16.2. The van der Waals surface area contributed by atoms with Gasteiger partial charge in [0.15, 0.2) is 6.23 Å². The van der Waals surface area contributed by atoms with E-state index in [-0.39, 0.29) is 12.8 Å². The number of rotatable bonds is 11. The first-order valence-corrected chi connectivity index (χ1v) is 18.3. The van der Waals surface area contributed by atoms with Crippen molar-refractivity contribution in [3.8, 4) is 28.5 Å². The highest BCUT2D eigenvalue weighted by Gasteiger charge is 2.41. The molecule has 1 N–H and O–H groups in total. The molecule has 2 aromatic heterocycles. The van der Waals surface area contributed by atoms with Gasteiger partial charge < -0.3 is 14.6 Å². The summed E-state index contributed by atoms with van der Waals surface area (Å²) < 4.78 is 16.2. The van der Waals surface area contributed by atoms with Gasteiger partial charge in [-0.05, 0) is 59.8 Å². The number of aliphatic hydroxyl groups excluding tert-OH is 1. The summed E-state index contributed by atoms with van der Waals surface area (Å²) in [6, 6.07) is 6.45. The summed E-state index contributed by atoms with van der Waals surface area (Å²) in [5.74, 6) is 5.05. The summed E-state index contributed by atoms with van der Waals surface area (Å²) in [4.78, 5) is 0. The number of benzene rings is 1. The Kier molecular flexibility index (Phi) is 10.4. The van der Waals surface area contributed by atoms with Crippen LogP contribution in [0.3, 0.4) is 0 Å². The zero-order valence-electron chi connectivity index (χ0n) is 25.2. The number of fused-ring (bicyclic) bond motifs is 1. The van der Waals surface area contributed by atoms with Crippen LogP contribution in [0.2, 0.25) is 16.6 Å². The topological polar surface area (TPSA) is 74.3 Å². The van der Waals surface area contributed by atoms with Crippen molar-refractivity contribution in [2.24, 2.45) is 0 Å². The fraction of sp³-hybridized carbons (Fsp3) is 0.613. The van der Waals surface area contributed by atoms with Gasteiger partial charge in [0.25, 0.3) is 0 Å². The highest BCUT2D eigenvalue weighted by molar-refractivity contribution is 7.97. The van der Waals surface area contributed by atoms with Crippen molar-refractivity contribution in [1.29, 1.82) is 0 Å². The minimum atomic E-state index is -1.94. The van der Waals surface area contributed by atoms with Gasteiger partial charge in [0.2, 0.25) is 5.88 Å². The van der Waals surface area contributed by atoms with Crippen LogP contribution in [0.4, 0.5) is 0 Å². The first-order valence-electron chi connectivity index (χ1n) is 14.7. The van der Waals surface area contributed by atoms with Crippen molar-refractivity contribution in [1.82, 2.24) is 19.6 Å².